The molecule has 2 heterocycles. The van der Waals surface area contributed by atoms with Gasteiger partial charge in [-0.05, 0) is 64.6 Å². The van der Waals surface area contributed by atoms with Crippen molar-refractivity contribution in [3.63, 3.8) is 0 Å². The number of hydrogen-bond acceptors (Lipinski definition) is 2. The van der Waals surface area contributed by atoms with E-state index < -0.39 is 0 Å². The van der Waals surface area contributed by atoms with Crippen LogP contribution in [0.5, 0.6) is 0 Å². The number of thiophene rings is 2. The van der Waals surface area contributed by atoms with E-state index in [0.717, 1.165) is 5.92 Å². The minimum absolute atomic E-state index is 0.785. The predicted molar refractivity (Wildman–Crippen MR) is 63.4 cm³/mol. The standard InChI is InChI=1S/C12H12S2/c1-2-10(11-3-5-13-8-11)7-12-9(1)4-6-14-12/h3-6,8,10H,1-2,7H2. The molecule has 1 aliphatic carbocycles. The highest BCUT2D eigenvalue weighted by Crippen LogP contribution is 2.35. The Balaban J connectivity index is 1.88. The van der Waals surface area contributed by atoms with Crippen LogP contribution in [-0.2, 0) is 12.8 Å². The molecule has 0 fully saturated rings. The molecule has 3 rings (SSSR count). The summed E-state index contributed by atoms with van der Waals surface area (Å²) in [4.78, 5) is 1.62. The fraction of sp³-hybridized carbons (Fsp3) is 0.333. The Bertz CT molecular complexity index is 411. The van der Waals surface area contributed by atoms with E-state index >= 15 is 0 Å². The van der Waals surface area contributed by atoms with Crippen molar-refractivity contribution in [3.05, 3.63) is 44.3 Å². The molecule has 1 unspecified atom stereocenters. The van der Waals surface area contributed by atoms with Crippen molar-refractivity contribution in [2.24, 2.45) is 0 Å². The first-order valence-electron chi connectivity index (χ1n) is 5.01. The molecule has 0 bridgehead atoms. The van der Waals surface area contributed by atoms with E-state index in [1.54, 1.807) is 16.0 Å². The summed E-state index contributed by atoms with van der Waals surface area (Å²) in [7, 11) is 0. The Morgan fingerprint density at radius 1 is 1.21 bits per heavy atom. The second-order valence-electron chi connectivity index (χ2n) is 3.87. The fourth-order valence-corrected chi connectivity index (χ4v) is 3.97. The van der Waals surface area contributed by atoms with Crippen molar-refractivity contribution in [2.45, 2.75) is 25.2 Å². The van der Waals surface area contributed by atoms with E-state index in [9.17, 15) is 0 Å². The minimum Gasteiger partial charge on any atom is -0.152 e. The van der Waals surface area contributed by atoms with Crippen LogP contribution in [0.2, 0.25) is 0 Å². The van der Waals surface area contributed by atoms with Gasteiger partial charge in [-0.1, -0.05) is 0 Å². The maximum atomic E-state index is 2.31. The summed E-state index contributed by atoms with van der Waals surface area (Å²) in [5, 5.41) is 6.74. The van der Waals surface area contributed by atoms with Gasteiger partial charge in [0.1, 0.15) is 0 Å². The highest BCUT2D eigenvalue weighted by atomic mass is 32.1. The maximum Gasteiger partial charge on any atom is 0.00832 e. The third kappa shape index (κ3) is 1.43. The number of fused-ring (bicyclic) bond motifs is 1. The van der Waals surface area contributed by atoms with Crippen molar-refractivity contribution in [3.8, 4) is 0 Å². The first kappa shape index (κ1) is 8.69. The molecule has 0 amide bonds. The topological polar surface area (TPSA) is 0 Å². The zero-order chi connectivity index (χ0) is 9.38. The molecular weight excluding hydrogens is 208 g/mol. The van der Waals surface area contributed by atoms with Gasteiger partial charge in [-0.15, -0.1) is 11.3 Å². The van der Waals surface area contributed by atoms with Gasteiger partial charge in [-0.3, -0.25) is 0 Å². The third-order valence-electron chi connectivity index (χ3n) is 3.05. The predicted octanol–water partition coefficient (Wildman–Crippen LogP) is 4.08. The Hall–Kier alpha value is -0.600. The van der Waals surface area contributed by atoms with Gasteiger partial charge in [0.15, 0.2) is 0 Å². The normalized spacial score (nSPS) is 20.7. The molecular formula is C12H12S2. The van der Waals surface area contributed by atoms with E-state index in [4.69, 9.17) is 0 Å². The Morgan fingerprint density at radius 2 is 2.21 bits per heavy atom. The van der Waals surface area contributed by atoms with Crippen LogP contribution in [0, 0.1) is 0 Å². The molecule has 0 saturated carbocycles. The summed E-state index contributed by atoms with van der Waals surface area (Å²) in [5.74, 6) is 0.785. The Kier molecular flexibility index (Phi) is 2.18. The summed E-state index contributed by atoms with van der Waals surface area (Å²) < 4.78 is 0. The van der Waals surface area contributed by atoms with Gasteiger partial charge in [-0.2, -0.15) is 11.3 Å². The molecule has 0 aromatic carbocycles. The molecule has 14 heavy (non-hydrogen) atoms. The summed E-state index contributed by atoms with van der Waals surface area (Å²) in [6.07, 6.45) is 3.88. The average molecular weight is 220 g/mol. The van der Waals surface area contributed by atoms with Crippen LogP contribution in [0.25, 0.3) is 0 Å². The second kappa shape index (κ2) is 3.52. The fourth-order valence-electron chi connectivity index (χ4n) is 2.22. The van der Waals surface area contributed by atoms with Gasteiger partial charge in [0.2, 0.25) is 0 Å². The summed E-state index contributed by atoms with van der Waals surface area (Å²) >= 11 is 3.75. The number of aryl methyl sites for hydroxylation is 1. The summed E-state index contributed by atoms with van der Waals surface area (Å²) in [5.41, 5.74) is 3.15. The smallest absolute Gasteiger partial charge is 0.00832 e. The van der Waals surface area contributed by atoms with Gasteiger partial charge in [-0.25, -0.2) is 0 Å². The van der Waals surface area contributed by atoms with E-state index in [2.05, 4.69) is 28.3 Å². The van der Waals surface area contributed by atoms with Gasteiger partial charge >= 0.3 is 0 Å². The zero-order valence-corrected chi connectivity index (χ0v) is 9.53. The highest BCUT2D eigenvalue weighted by Gasteiger charge is 2.20. The molecule has 0 nitrogen and oxygen atoms in total. The summed E-state index contributed by atoms with van der Waals surface area (Å²) in [6.45, 7) is 0. The van der Waals surface area contributed by atoms with Crippen LogP contribution in [0.1, 0.15) is 28.3 Å². The van der Waals surface area contributed by atoms with Crippen LogP contribution < -0.4 is 0 Å². The average Bonchev–Trinajstić information content (AvgIpc) is 2.88. The molecule has 0 spiro atoms. The van der Waals surface area contributed by atoms with Crippen LogP contribution in [0.3, 0.4) is 0 Å². The first-order valence-corrected chi connectivity index (χ1v) is 6.83. The lowest BCUT2D eigenvalue weighted by Gasteiger charge is -2.21. The van der Waals surface area contributed by atoms with Crippen LogP contribution >= 0.6 is 22.7 Å². The summed E-state index contributed by atoms with van der Waals surface area (Å²) in [6, 6.07) is 4.58. The molecule has 1 aliphatic rings. The van der Waals surface area contributed by atoms with E-state index in [1.165, 1.54) is 19.3 Å². The van der Waals surface area contributed by atoms with E-state index in [1.807, 2.05) is 22.7 Å². The third-order valence-corrected chi connectivity index (χ3v) is 4.73. The molecule has 0 saturated heterocycles. The quantitative estimate of drug-likeness (QED) is 0.679. The lowest BCUT2D eigenvalue weighted by molar-refractivity contribution is 0.595. The lowest BCUT2D eigenvalue weighted by Crippen LogP contribution is -2.09. The van der Waals surface area contributed by atoms with Crippen LogP contribution in [-0.4, -0.2) is 0 Å². The lowest BCUT2D eigenvalue weighted by atomic mass is 9.85. The van der Waals surface area contributed by atoms with Crippen LogP contribution in [0.15, 0.2) is 28.3 Å². The molecule has 2 aromatic heterocycles. The molecule has 1 atom stereocenters. The second-order valence-corrected chi connectivity index (χ2v) is 5.65. The van der Waals surface area contributed by atoms with Gasteiger partial charge < -0.3 is 0 Å². The molecule has 2 aromatic rings. The molecule has 0 radical (unpaired) electrons. The molecule has 2 heteroatoms. The maximum absolute atomic E-state index is 2.31. The van der Waals surface area contributed by atoms with E-state index in [0.29, 0.717) is 0 Å². The molecule has 0 N–H and O–H groups in total. The van der Waals surface area contributed by atoms with Crippen molar-refractivity contribution >= 4 is 22.7 Å². The van der Waals surface area contributed by atoms with Crippen molar-refractivity contribution in [1.82, 2.24) is 0 Å². The number of hydrogen-bond donors (Lipinski definition) is 0. The van der Waals surface area contributed by atoms with Gasteiger partial charge in [0.25, 0.3) is 0 Å². The Morgan fingerprint density at radius 3 is 3.07 bits per heavy atom. The highest BCUT2D eigenvalue weighted by molar-refractivity contribution is 7.10. The van der Waals surface area contributed by atoms with Crippen LogP contribution in [0.4, 0.5) is 0 Å². The van der Waals surface area contributed by atoms with Gasteiger partial charge in [0.05, 0.1) is 0 Å². The van der Waals surface area contributed by atoms with Crippen molar-refractivity contribution in [2.75, 3.05) is 0 Å². The van der Waals surface area contributed by atoms with Crippen molar-refractivity contribution in [1.29, 1.82) is 0 Å². The van der Waals surface area contributed by atoms with Crippen molar-refractivity contribution < 1.29 is 0 Å². The Labute approximate surface area is 92.2 Å². The molecule has 72 valence electrons. The van der Waals surface area contributed by atoms with Gasteiger partial charge in [0, 0.05) is 4.88 Å². The van der Waals surface area contributed by atoms with E-state index in [-0.39, 0.29) is 0 Å². The number of rotatable bonds is 1. The monoisotopic (exact) mass is 220 g/mol. The first-order chi connectivity index (χ1) is 6.93. The molecule has 0 aliphatic heterocycles. The zero-order valence-electron chi connectivity index (χ0n) is 7.90. The minimum atomic E-state index is 0.785. The largest absolute Gasteiger partial charge is 0.152 e. The SMILES string of the molecule is c1cc(C2CCc3ccsc3C2)cs1.